The first-order valence-corrected chi connectivity index (χ1v) is 6.29. The van der Waals surface area contributed by atoms with E-state index in [-0.39, 0.29) is 6.04 Å². The fraction of sp³-hybridized carbons (Fsp3) is 0.917. The van der Waals surface area contributed by atoms with E-state index in [1.54, 1.807) is 0 Å². The topological polar surface area (TPSA) is 32.3 Å². The third kappa shape index (κ3) is 1.48. The van der Waals surface area contributed by atoms with Crippen LogP contribution in [-0.4, -0.2) is 36.0 Å². The van der Waals surface area contributed by atoms with Crippen molar-refractivity contribution in [3.8, 4) is 0 Å². The molecule has 4 unspecified atom stereocenters. The molecule has 0 spiro atoms. The average molecular weight is 208 g/mol. The van der Waals surface area contributed by atoms with Gasteiger partial charge in [0.1, 0.15) is 0 Å². The molecule has 0 aromatic heterocycles. The van der Waals surface area contributed by atoms with Crippen LogP contribution in [-0.2, 0) is 4.79 Å². The zero-order valence-electron chi connectivity index (χ0n) is 9.41. The molecule has 2 bridgehead atoms. The molecule has 2 aliphatic heterocycles. The van der Waals surface area contributed by atoms with Gasteiger partial charge in [-0.25, -0.2) is 0 Å². The maximum absolute atomic E-state index is 12.3. The number of nitrogens with zero attached hydrogens (tertiary/aromatic N) is 1. The second-order valence-electron chi connectivity index (χ2n) is 5.52. The van der Waals surface area contributed by atoms with Crippen molar-refractivity contribution >= 4 is 5.91 Å². The number of hydrogen-bond acceptors (Lipinski definition) is 2. The summed E-state index contributed by atoms with van der Waals surface area (Å²) >= 11 is 0. The summed E-state index contributed by atoms with van der Waals surface area (Å²) in [5.41, 5.74) is 0. The molecular formula is C12H20N2O. The largest absolute Gasteiger partial charge is 0.338 e. The molecule has 84 valence electrons. The molecule has 1 saturated carbocycles. The highest BCUT2D eigenvalue weighted by molar-refractivity contribution is 5.83. The second kappa shape index (κ2) is 3.48. The summed E-state index contributed by atoms with van der Waals surface area (Å²) in [7, 11) is 0. The average Bonchev–Trinajstić information content (AvgIpc) is 2.91. The first-order valence-electron chi connectivity index (χ1n) is 6.29. The van der Waals surface area contributed by atoms with E-state index in [0.717, 1.165) is 25.4 Å². The van der Waals surface area contributed by atoms with Gasteiger partial charge in [-0.2, -0.15) is 0 Å². The van der Waals surface area contributed by atoms with Gasteiger partial charge in [-0.3, -0.25) is 4.79 Å². The third-order valence-electron chi connectivity index (χ3n) is 4.49. The van der Waals surface area contributed by atoms with Crippen molar-refractivity contribution in [1.82, 2.24) is 10.2 Å². The van der Waals surface area contributed by atoms with Gasteiger partial charge in [0.2, 0.25) is 5.91 Å². The lowest BCUT2D eigenvalue weighted by Crippen LogP contribution is -2.48. The van der Waals surface area contributed by atoms with Gasteiger partial charge in [-0.1, -0.05) is 6.92 Å². The summed E-state index contributed by atoms with van der Waals surface area (Å²) in [5.74, 6) is 1.72. The van der Waals surface area contributed by atoms with Crippen LogP contribution in [0.15, 0.2) is 0 Å². The number of fused-ring (bicyclic) bond motifs is 2. The van der Waals surface area contributed by atoms with Gasteiger partial charge >= 0.3 is 0 Å². The number of likely N-dealkylation sites (tertiary alicyclic amines) is 1. The third-order valence-corrected chi connectivity index (χ3v) is 4.49. The number of nitrogens with one attached hydrogen (secondary N) is 1. The molecule has 1 N–H and O–H groups in total. The van der Waals surface area contributed by atoms with Crippen LogP contribution < -0.4 is 5.32 Å². The van der Waals surface area contributed by atoms with E-state index in [0.29, 0.717) is 17.9 Å². The highest BCUT2D eigenvalue weighted by Crippen LogP contribution is 2.38. The highest BCUT2D eigenvalue weighted by Gasteiger charge is 2.43. The summed E-state index contributed by atoms with van der Waals surface area (Å²) in [6.45, 7) is 4.24. The molecule has 3 fully saturated rings. The van der Waals surface area contributed by atoms with Gasteiger partial charge < -0.3 is 10.2 Å². The van der Waals surface area contributed by atoms with Crippen LogP contribution in [0.25, 0.3) is 0 Å². The number of rotatable bonds is 1. The summed E-state index contributed by atoms with van der Waals surface area (Å²) in [6.07, 6.45) is 5.02. The summed E-state index contributed by atoms with van der Waals surface area (Å²) in [6, 6.07) is 0.696. The summed E-state index contributed by atoms with van der Waals surface area (Å²) < 4.78 is 0. The molecule has 3 aliphatic rings. The zero-order valence-corrected chi connectivity index (χ0v) is 9.41. The van der Waals surface area contributed by atoms with E-state index in [1.807, 2.05) is 0 Å². The van der Waals surface area contributed by atoms with E-state index < -0.39 is 0 Å². The first kappa shape index (κ1) is 9.64. The minimum atomic E-state index is 0.115. The van der Waals surface area contributed by atoms with Gasteiger partial charge in [-0.05, 0) is 44.1 Å². The SMILES string of the molecule is CC1CCNC1C(=O)N1CC2CCC1C2. The maximum Gasteiger partial charge on any atom is 0.240 e. The molecule has 3 heteroatoms. The first-order chi connectivity index (χ1) is 7.25. The van der Waals surface area contributed by atoms with Crippen LogP contribution in [0, 0.1) is 11.8 Å². The molecule has 3 rings (SSSR count). The quantitative estimate of drug-likeness (QED) is 0.697. The van der Waals surface area contributed by atoms with E-state index in [2.05, 4.69) is 17.1 Å². The Labute approximate surface area is 91.2 Å². The predicted octanol–water partition coefficient (Wildman–Crippen LogP) is 0.995. The van der Waals surface area contributed by atoms with Crippen LogP contribution in [0.2, 0.25) is 0 Å². The fourth-order valence-corrected chi connectivity index (χ4v) is 3.54. The van der Waals surface area contributed by atoms with Crippen molar-refractivity contribution in [3.63, 3.8) is 0 Å². The number of amides is 1. The number of carbonyl (C=O) groups excluding carboxylic acids is 1. The molecule has 1 amide bonds. The second-order valence-corrected chi connectivity index (χ2v) is 5.52. The van der Waals surface area contributed by atoms with Crippen molar-refractivity contribution in [2.75, 3.05) is 13.1 Å². The Kier molecular flexibility index (Phi) is 2.23. The molecule has 1 aliphatic carbocycles. The van der Waals surface area contributed by atoms with Crippen molar-refractivity contribution in [2.45, 2.75) is 44.7 Å². The van der Waals surface area contributed by atoms with E-state index in [4.69, 9.17) is 0 Å². The summed E-state index contributed by atoms with van der Waals surface area (Å²) in [4.78, 5) is 14.5. The Hall–Kier alpha value is -0.570. The van der Waals surface area contributed by atoms with E-state index in [9.17, 15) is 4.79 Å². The summed E-state index contributed by atoms with van der Waals surface area (Å²) in [5, 5.41) is 3.35. The molecule has 3 nitrogen and oxygen atoms in total. The smallest absolute Gasteiger partial charge is 0.240 e. The Bertz CT molecular complexity index is 279. The lowest BCUT2D eigenvalue weighted by molar-refractivity contribution is -0.135. The zero-order chi connectivity index (χ0) is 10.4. The predicted molar refractivity (Wildman–Crippen MR) is 58.4 cm³/mol. The van der Waals surface area contributed by atoms with Gasteiger partial charge in [0, 0.05) is 12.6 Å². The molecular weight excluding hydrogens is 188 g/mol. The van der Waals surface area contributed by atoms with Gasteiger partial charge in [-0.15, -0.1) is 0 Å². The molecule has 2 heterocycles. The van der Waals surface area contributed by atoms with Crippen LogP contribution in [0.1, 0.15) is 32.6 Å². The van der Waals surface area contributed by atoms with Gasteiger partial charge in [0.25, 0.3) is 0 Å². The van der Waals surface area contributed by atoms with Crippen molar-refractivity contribution in [2.24, 2.45) is 11.8 Å². The highest BCUT2D eigenvalue weighted by atomic mass is 16.2. The van der Waals surface area contributed by atoms with Crippen LogP contribution in [0.3, 0.4) is 0 Å². The standard InChI is InChI=1S/C12H20N2O/c1-8-4-5-13-11(8)12(15)14-7-9-2-3-10(14)6-9/h8-11,13H,2-7H2,1H3. The molecule has 2 saturated heterocycles. The normalized spacial score (nSPS) is 43.9. The van der Waals surface area contributed by atoms with Crippen LogP contribution >= 0.6 is 0 Å². The Morgan fingerprint density at radius 1 is 1.33 bits per heavy atom. The molecule has 0 aromatic rings. The minimum Gasteiger partial charge on any atom is -0.338 e. The minimum absolute atomic E-state index is 0.115. The van der Waals surface area contributed by atoms with Crippen LogP contribution in [0.5, 0.6) is 0 Å². The molecule has 0 radical (unpaired) electrons. The Balaban J connectivity index is 1.69. The molecule has 4 atom stereocenters. The fourth-order valence-electron chi connectivity index (χ4n) is 3.54. The number of hydrogen-bond donors (Lipinski definition) is 1. The Morgan fingerprint density at radius 3 is 2.73 bits per heavy atom. The van der Waals surface area contributed by atoms with Gasteiger partial charge in [0.15, 0.2) is 0 Å². The van der Waals surface area contributed by atoms with Crippen LogP contribution in [0.4, 0.5) is 0 Å². The van der Waals surface area contributed by atoms with E-state index in [1.165, 1.54) is 19.3 Å². The monoisotopic (exact) mass is 208 g/mol. The Morgan fingerprint density at radius 2 is 2.20 bits per heavy atom. The van der Waals surface area contributed by atoms with E-state index >= 15 is 0 Å². The van der Waals surface area contributed by atoms with Gasteiger partial charge in [0.05, 0.1) is 6.04 Å². The number of carbonyl (C=O) groups is 1. The molecule has 15 heavy (non-hydrogen) atoms. The maximum atomic E-state index is 12.3. The van der Waals surface area contributed by atoms with Crippen molar-refractivity contribution < 1.29 is 4.79 Å². The molecule has 0 aromatic carbocycles. The lowest BCUT2D eigenvalue weighted by Gasteiger charge is -2.30. The number of piperidine rings is 1. The lowest BCUT2D eigenvalue weighted by atomic mass is 10.0. The van der Waals surface area contributed by atoms with Crippen molar-refractivity contribution in [3.05, 3.63) is 0 Å². The van der Waals surface area contributed by atoms with Crippen molar-refractivity contribution in [1.29, 1.82) is 0 Å².